The summed E-state index contributed by atoms with van der Waals surface area (Å²) in [5.74, 6) is -1.16. The normalized spacial score (nSPS) is 10.5. The van der Waals surface area contributed by atoms with E-state index in [0.717, 1.165) is 0 Å². The Morgan fingerprint density at radius 2 is 2.47 bits per heavy atom. The average Bonchev–Trinajstić information content (AvgIpc) is 2.63. The van der Waals surface area contributed by atoms with Crippen LogP contribution < -0.4 is 4.74 Å². The fourth-order valence-corrected chi connectivity index (χ4v) is 1.17. The van der Waals surface area contributed by atoms with Gasteiger partial charge in [0.15, 0.2) is 5.75 Å². The molecule has 0 aliphatic carbocycles. The van der Waals surface area contributed by atoms with Crippen LogP contribution in [-0.2, 0) is 0 Å². The minimum absolute atomic E-state index is 0.235. The van der Waals surface area contributed by atoms with Gasteiger partial charge in [0.05, 0.1) is 6.61 Å². The molecule has 0 amide bonds. The molecule has 2 aromatic rings. The predicted molar refractivity (Wildman–Crippen MR) is 49.9 cm³/mol. The molecule has 0 aliphatic rings. The molecule has 6 nitrogen and oxygen atoms in total. The number of oxazole rings is 1. The number of carboxylic acid groups (broad SMARTS) is 1. The molecule has 1 N–H and O–H groups in total. The van der Waals surface area contributed by atoms with Gasteiger partial charge in [-0.3, -0.25) is 0 Å². The molecule has 0 atom stereocenters. The zero-order valence-electron chi connectivity index (χ0n) is 7.93. The topological polar surface area (TPSA) is 85.5 Å². The van der Waals surface area contributed by atoms with Crippen molar-refractivity contribution in [2.24, 2.45) is 0 Å². The molecular formula is C9H8N2O4. The number of pyridine rings is 1. The first-order valence-electron chi connectivity index (χ1n) is 4.34. The van der Waals surface area contributed by atoms with Gasteiger partial charge in [0.25, 0.3) is 0 Å². The molecule has 0 aromatic carbocycles. The molecule has 2 heterocycles. The number of hydrogen-bond donors (Lipinski definition) is 1. The maximum Gasteiger partial charge on any atom is 0.392 e. The summed E-state index contributed by atoms with van der Waals surface area (Å²) in [5, 5.41) is 8.68. The van der Waals surface area contributed by atoms with Crippen LogP contribution in [0.15, 0.2) is 16.7 Å². The van der Waals surface area contributed by atoms with E-state index >= 15 is 0 Å². The second-order valence-electron chi connectivity index (χ2n) is 2.72. The number of rotatable bonds is 3. The summed E-state index contributed by atoms with van der Waals surface area (Å²) in [7, 11) is 0. The summed E-state index contributed by atoms with van der Waals surface area (Å²) >= 11 is 0. The van der Waals surface area contributed by atoms with Gasteiger partial charge in [0.2, 0.25) is 11.2 Å². The molecule has 78 valence electrons. The second kappa shape index (κ2) is 3.56. The highest BCUT2D eigenvalue weighted by atomic mass is 16.5. The van der Waals surface area contributed by atoms with Crippen LogP contribution in [0, 0.1) is 0 Å². The van der Waals surface area contributed by atoms with Crippen molar-refractivity contribution in [1.82, 2.24) is 9.97 Å². The molecule has 0 bridgehead atoms. The van der Waals surface area contributed by atoms with Crippen molar-refractivity contribution in [3.05, 3.63) is 18.2 Å². The Labute approximate surface area is 84.5 Å². The van der Waals surface area contributed by atoms with Crippen LogP contribution in [-0.4, -0.2) is 27.7 Å². The maximum absolute atomic E-state index is 10.6. The smallest absolute Gasteiger partial charge is 0.392 e. The van der Waals surface area contributed by atoms with Crippen molar-refractivity contribution in [2.75, 3.05) is 6.61 Å². The third-order valence-corrected chi connectivity index (χ3v) is 1.74. The van der Waals surface area contributed by atoms with Gasteiger partial charge in [-0.1, -0.05) is 0 Å². The number of carbonyl (C=O) groups is 1. The van der Waals surface area contributed by atoms with Crippen molar-refractivity contribution in [3.8, 4) is 5.75 Å². The molecule has 0 fully saturated rings. The van der Waals surface area contributed by atoms with E-state index < -0.39 is 5.97 Å². The summed E-state index contributed by atoms with van der Waals surface area (Å²) in [4.78, 5) is 18.2. The van der Waals surface area contributed by atoms with Gasteiger partial charge in [-0.25, -0.2) is 9.78 Å². The minimum Gasteiger partial charge on any atom is -0.490 e. The number of carboxylic acids is 1. The van der Waals surface area contributed by atoms with Gasteiger partial charge in [-0.05, 0) is 6.92 Å². The molecule has 6 heteroatoms. The highest BCUT2D eigenvalue weighted by molar-refractivity contribution is 5.87. The fourth-order valence-electron chi connectivity index (χ4n) is 1.17. The fraction of sp³-hybridized carbons (Fsp3) is 0.222. The van der Waals surface area contributed by atoms with E-state index in [1.165, 1.54) is 6.20 Å². The van der Waals surface area contributed by atoms with Crippen LogP contribution in [0.3, 0.4) is 0 Å². The second-order valence-corrected chi connectivity index (χ2v) is 2.72. The molecule has 0 spiro atoms. The van der Waals surface area contributed by atoms with E-state index in [2.05, 4.69) is 9.97 Å². The first-order chi connectivity index (χ1) is 7.22. The van der Waals surface area contributed by atoms with E-state index in [4.69, 9.17) is 14.3 Å². The first-order valence-corrected chi connectivity index (χ1v) is 4.34. The zero-order valence-corrected chi connectivity index (χ0v) is 7.93. The van der Waals surface area contributed by atoms with E-state index in [1.54, 1.807) is 6.07 Å². The monoisotopic (exact) mass is 208 g/mol. The van der Waals surface area contributed by atoms with Crippen LogP contribution >= 0.6 is 0 Å². The number of fused-ring (bicyclic) bond motifs is 1. The molecular weight excluding hydrogens is 200 g/mol. The zero-order chi connectivity index (χ0) is 10.8. The lowest BCUT2D eigenvalue weighted by atomic mass is 10.4. The Balaban J connectivity index is 2.59. The quantitative estimate of drug-likeness (QED) is 0.818. The molecule has 15 heavy (non-hydrogen) atoms. The summed E-state index contributed by atoms with van der Waals surface area (Å²) in [6.45, 7) is 2.28. The Morgan fingerprint density at radius 1 is 1.67 bits per heavy atom. The average molecular weight is 208 g/mol. The summed E-state index contributed by atoms with van der Waals surface area (Å²) in [6, 6.07) is 1.60. The van der Waals surface area contributed by atoms with E-state index in [-0.39, 0.29) is 17.1 Å². The van der Waals surface area contributed by atoms with Crippen LogP contribution in [0.5, 0.6) is 5.75 Å². The molecule has 0 saturated heterocycles. The third-order valence-electron chi connectivity index (χ3n) is 1.74. The van der Waals surface area contributed by atoms with Crippen molar-refractivity contribution in [3.63, 3.8) is 0 Å². The molecule has 0 aliphatic heterocycles. The third kappa shape index (κ3) is 1.61. The van der Waals surface area contributed by atoms with Crippen LogP contribution in [0.25, 0.3) is 11.2 Å². The van der Waals surface area contributed by atoms with Crippen LogP contribution in [0.1, 0.15) is 17.6 Å². The summed E-state index contributed by atoms with van der Waals surface area (Å²) in [5.41, 5.74) is 0.495. The Hall–Kier alpha value is -2.11. The van der Waals surface area contributed by atoms with Gasteiger partial charge in [0, 0.05) is 12.3 Å². The molecule has 0 saturated carbocycles. The van der Waals surface area contributed by atoms with Gasteiger partial charge in [-0.15, -0.1) is 0 Å². The molecule has 2 aromatic heterocycles. The van der Waals surface area contributed by atoms with Gasteiger partial charge >= 0.3 is 11.9 Å². The number of aromatic carboxylic acids is 1. The first kappa shape index (κ1) is 9.45. The number of ether oxygens (including phenoxy) is 1. The largest absolute Gasteiger partial charge is 0.490 e. The van der Waals surface area contributed by atoms with Crippen molar-refractivity contribution in [2.45, 2.75) is 6.92 Å². The van der Waals surface area contributed by atoms with E-state index in [1.807, 2.05) is 6.92 Å². The lowest BCUT2D eigenvalue weighted by Crippen LogP contribution is -1.94. The van der Waals surface area contributed by atoms with E-state index in [9.17, 15) is 4.79 Å². The lowest BCUT2D eigenvalue weighted by Gasteiger charge is -2.00. The lowest BCUT2D eigenvalue weighted by molar-refractivity contribution is 0.0656. The van der Waals surface area contributed by atoms with Gasteiger partial charge in [-0.2, -0.15) is 4.98 Å². The van der Waals surface area contributed by atoms with Crippen LogP contribution in [0.2, 0.25) is 0 Å². The van der Waals surface area contributed by atoms with Crippen molar-refractivity contribution < 1.29 is 19.1 Å². The Kier molecular flexibility index (Phi) is 2.24. The van der Waals surface area contributed by atoms with Gasteiger partial charge in [0.1, 0.15) is 0 Å². The predicted octanol–water partition coefficient (Wildman–Crippen LogP) is 1.32. The standard InChI is InChI=1S/C9H8N2O4/c1-2-14-5-3-4-10-7-6(5)15-8(11-7)9(12)13/h3-4H,2H2,1H3,(H,12,13). The van der Waals surface area contributed by atoms with Gasteiger partial charge < -0.3 is 14.3 Å². The van der Waals surface area contributed by atoms with Crippen molar-refractivity contribution >= 4 is 17.2 Å². The number of hydrogen-bond acceptors (Lipinski definition) is 5. The van der Waals surface area contributed by atoms with E-state index in [0.29, 0.717) is 12.4 Å². The maximum atomic E-state index is 10.6. The number of aromatic nitrogens is 2. The number of nitrogens with zero attached hydrogens (tertiary/aromatic N) is 2. The highest BCUT2D eigenvalue weighted by Gasteiger charge is 2.16. The molecule has 0 radical (unpaired) electrons. The summed E-state index contributed by atoms with van der Waals surface area (Å²) in [6.07, 6.45) is 1.49. The highest BCUT2D eigenvalue weighted by Crippen LogP contribution is 2.24. The van der Waals surface area contributed by atoms with Crippen LogP contribution in [0.4, 0.5) is 0 Å². The summed E-state index contributed by atoms with van der Waals surface area (Å²) < 4.78 is 10.3. The minimum atomic E-state index is -1.23. The van der Waals surface area contributed by atoms with Crippen molar-refractivity contribution in [1.29, 1.82) is 0 Å². The Morgan fingerprint density at radius 3 is 3.13 bits per heavy atom. The SMILES string of the molecule is CCOc1ccnc2nc(C(=O)O)oc12. The Bertz CT molecular complexity index is 506. The molecule has 2 rings (SSSR count). The molecule has 0 unspecified atom stereocenters.